The second-order valence-electron chi connectivity index (χ2n) is 5.69. The molecule has 0 aliphatic rings. The molecule has 3 rings (SSSR count). The summed E-state index contributed by atoms with van der Waals surface area (Å²) in [6, 6.07) is 13.8. The zero-order chi connectivity index (χ0) is 18.7. The Labute approximate surface area is 160 Å². The topological polar surface area (TPSA) is 75.4 Å². The molecule has 26 heavy (non-hydrogen) atoms. The zero-order valence-corrected chi connectivity index (χ0v) is 15.4. The molecule has 2 aromatic carbocycles. The Morgan fingerprint density at radius 2 is 1.69 bits per heavy atom. The van der Waals surface area contributed by atoms with Crippen LogP contribution in [0.25, 0.3) is 11.3 Å². The lowest BCUT2D eigenvalue weighted by Gasteiger charge is -2.10. The number of benzene rings is 2. The first kappa shape index (κ1) is 18.5. The summed E-state index contributed by atoms with van der Waals surface area (Å²) in [5.74, 6) is -0.0359. The number of aromatic nitrogens is 1. The third kappa shape index (κ3) is 3.90. The van der Waals surface area contributed by atoms with Crippen LogP contribution >= 0.6 is 23.2 Å². The average molecular weight is 391 g/mol. The summed E-state index contributed by atoms with van der Waals surface area (Å²) in [5.41, 5.74) is 2.06. The summed E-state index contributed by atoms with van der Waals surface area (Å²) in [6.07, 6.45) is -0.757. The van der Waals surface area contributed by atoms with Crippen LogP contribution in [-0.4, -0.2) is 23.2 Å². The number of amides is 1. The van der Waals surface area contributed by atoms with E-state index in [9.17, 15) is 9.90 Å². The third-order valence-corrected chi connectivity index (χ3v) is 4.47. The monoisotopic (exact) mass is 390 g/mol. The van der Waals surface area contributed by atoms with Gasteiger partial charge in [0.05, 0.1) is 6.10 Å². The van der Waals surface area contributed by atoms with Gasteiger partial charge in [-0.25, -0.2) is 0 Å². The summed E-state index contributed by atoms with van der Waals surface area (Å²) in [5, 5.41) is 18.3. The molecule has 1 amide bonds. The first-order valence-electron chi connectivity index (χ1n) is 7.89. The smallest absolute Gasteiger partial charge is 0.256 e. The molecule has 2 N–H and O–H groups in total. The Hall–Kier alpha value is -2.34. The molecule has 0 spiro atoms. The van der Waals surface area contributed by atoms with Crippen molar-refractivity contribution in [1.29, 1.82) is 0 Å². The van der Waals surface area contributed by atoms with E-state index in [4.69, 9.17) is 27.7 Å². The second-order valence-corrected chi connectivity index (χ2v) is 6.56. The molecule has 1 heterocycles. The normalized spacial score (nSPS) is 12.0. The number of nitrogens with zero attached hydrogens (tertiary/aromatic N) is 1. The molecule has 0 bridgehead atoms. The van der Waals surface area contributed by atoms with Crippen molar-refractivity contribution in [2.45, 2.75) is 12.5 Å². The summed E-state index contributed by atoms with van der Waals surface area (Å²) in [4.78, 5) is 12.4. The number of rotatable bonds is 5. The Kier molecular flexibility index (Phi) is 5.61. The van der Waals surface area contributed by atoms with Crippen molar-refractivity contribution in [2.75, 3.05) is 7.05 Å². The van der Waals surface area contributed by atoms with E-state index in [1.165, 1.54) is 7.05 Å². The highest BCUT2D eigenvalue weighted by Gasteiger charge is 2.25. The largest absolute Gasteiger partial charge is 0.388 e. The number of hydrogen-bond donors (Lipinski definition) is 2. The Balaban J connectivity index is 1.95. The van der Waals surface area contributed by atoms with E-state index in [1.54, 1.807) is 48.5 Å². The van der Waals surface area contributed by atoms with Crippen molar-refractivity contribution in [2.24, 2.45) is 0 Å². The maximum atomic E-state index is 12.4. The van der Waals surface area contributed by atoms with E-state index in [1.807, 2.05) is 0 Å². The minimum absolute atomic E-state index is 0.102. The SMILES string of the molecule is CNC(=O)c1c(-c2ccc(Cl)cc2)noc1CC(O)c1ccc(Cl)cc1. The van der Waals surface area contributed by atoms with E-state index in [2.05, 4.69) is 10.5 Å². The Morgan fingerprint density at radius 1 is 1.12 bits per heavy atom. The number of nitrogens with one attached hydrogen (secondary N) is 1. The molecule has 0 aliphatic carbocycles. The molecule has 1 unspecified atom stereocenters. The highest BCUT2D eigenvalue weighted by Crippen LogP contribution is 2.30. The van der Waals surface area contributed by atoms with Crippen LogP contribution in [0.2, 0.25) is 10.0 Å². The lowest BCUT2D eigenvalue weighted by molar-refractivity contribution is 0.0959. The number of hydrogen-bond acceptors (Lipinski definition) is 4. The van der Waals surface area contributed by atoms with Crippen LogP contribution in [0.4, 0.5) is 0 Å². The summed E-state index contributed by atoms with van der Waals surface area (Å²) in [7, 11) is 1.53. The standard InChI is InChI=1S/C19H16Cl2N2O3/c1-22-19(25)17-16(10-15(24)11-2-6-13(20)7-3-11)26-23-18(17)12-4-8-14(21)9-5-12/h2-9,15,24H,10H2,1H3,(H,22,25). The molecule has 3 aromatic rings. The van der Waals surface area contributed by atoms with E-state index < -0.39 is 6.10 Å². The molecule has 0 saturated heterocycles. The summed E-state index contributed by atoms with van der Waals surface area (Å²) in [6.45, 7) is 0. The van der Waals surface area contributed by atoms with Crippen LogP contribution in [0, 0.1) is 0 Å². The van der Waals surface area contributed by atoms with Gasteiger partial charge in [-0.05, 0) is 29.8 Å². The molecule has 0 fully saturated rings. The van der Waals surface area contributed by atoms with Crippen LogP contribution in [0.1, 0.15) is 27.8 Å². The minimum atomic E-state index is -0.860. The third-order valence-electron chi connectivity index (χ3n) is 3.97. The number of aliphatic hydroxyl groups excluding tert-OH is 1. The molecular formula is C19H16Cl2N2O3. The quantitative estimate of drug-likeness (QED) is 0.681. The van der Waals surface area contributed by atoms with Gasteiger partial charge < -0.3 is 14.9 Å². The van der Waals surface area contributed by atoms with Gasteiger partial charge in [0, 0.05) is 29.1 Å². The predicted octanol–water partition coefficient (Wildman–Crippen LogP) is 4.28. The molecule has 134 valence electrons. The molecule has 1 aromatic heterocycles. The molecule has 0 aliphatic heterocycles. The van der Waals surface area contributed by atoms with Crippen LogP contribution < -0.4 is 5.32 Å². The lowest BCUT2D eigenvalue weighted by Crippen LogP contribution is -2.20. The number of aliphatic hydroxyl groups is 1. The fourth-order valence-corrected chi connectivity index (χ4v) is 2.86. The van der Waals surface area contributed by atoms with E-state index in [0.29, 0.717) is 38.2 Å². The van der Waals surface area contributed by atoms with Crippen molar-refractivity contribution < 1.29 is 14.4 Å². The maximum Gasteiger partial charge on any atom is 0.256 e. The average Bonchev–Trinajstić information content (AvgIpc) is 3.05. The van der Waals surface area contributed by atoms with Crippen LogP contribution in [-0.2, 0) is 6.42 Å². The Bertz CT molecular complexity index is 906. The fourth-order valence-electron chi connectivity index (χ4n) is 2.61. The summed E-state index contributed by atoms with van der Waals surface area (Å²) >= 11 is 11.8. The van der Waals surface area contributed by atoms with Gasteiger partial charge in [-0.3, -0.25) is 4.79 Å². The van der Waals surface area contributed by atoms with E-state index in [-0.39, 0.29) is 12.3 Å². The van der Waals surface area contributed by atoms with Gasteiger partial charge >= 0.3 is 0 Å². The highest BCUT2D eigenvalue weighted by molar-refractivity contribution is 6.30. The lowest BCUT2D eigenvalue weighted by atomic mass is 10.00. The number of carbonyl (C=O) groups is 1. The molecule has 1 atom stereocenters. The predicted molar refractivity (Wildman–Crippen MR) is 100 cm³/mol. The van der Waals surface area contributed by atoms with Crippen molar-refractivity contribution in [1.82, 2.24) is 10.5 Å². The van der Waals surface area contributed by atoms with Gasteiger partial charge in [0.2, 0.25) is 0 Å². The molecule has 0 radical (unpaired) electrons. The van der Waals surface area contributed by atoms with Crippen LogP contribution in [0.5, 0.6) is 0 Å². The van der Waals surface area contributed by atoms with Crippen molar-refractivity contribution in [3.05, 3.63) is 75.5 Å². The van der Waals surface area contributed by atoms with Gasteiger partial charge in [0.25, 0.3) is 5.91 Å². The van der Waals surface area contributed by atoms with Crippen molar-refractivity contribution in [3.63, 3.8) is 0 Å². The Morgan fingerprint density at radius 3 is 2.27 bits per heavy atom. The van der Waals surface area contributed by atoms with E-state index in [0.717, 1.165) is 0 Å². The van der Waals surface area contributed by atoms with Crippen molar-refractivity contribution >= 4 is 29.1 Å². The number of carbonyl (C=O) groups excluding carboxylic acids is 1. The zero-order valence-electron chi connectivity index (χ0n) is 13.9. The summed E-state index contributed by atoms with van der Waals surface area (Å²) < 4.78 is 5.39. The second kappa shape index (κ2) is 7.91. The van der Waals surface area contributed by atoms with Gasteiger partial charge in [0.15, 0.2) is 5.76 Å². The van der Waals surface area contributed by atoms with Gasteiger partial charge in [-0.1, -0.05) is 52.6 Å². The molecular weight excluding hydrogens is 375 g/mol. The van der Waals surface area contributed by atoms with Crippen LogP contribution in [0.15, 0.2) is 53.1 Å². The number of halogens is 2. The molecule has 7 heteroatoms. The van der Waals surface area contributed by atoms with Gasteiger partial charge in [-0.2, -0.15) is 0 Å². The van der Waals surface area contributed by atoms with Crippen LogP contribution in [0.3, 0.4) is 0 Å². The highest BCUT2D eigenvalue weighted by atomic mass is 35.5. The van der Waals surface area contributed by atoms with Crippen molar-refractivity contribution in [3.8, 4) is 11.3 Å². The van der Waals surface area contributed by atoms with Gasteiger partial charge in [-0.15, -0.1) is 0 Å². The molecule has 5 nitrogen and oxygen atoms in total. The van der Waals surface area contributed by atoms with Gasteiger partial charge in [0.1, 0.15) is 11.3 Å². The first-order chi connectivity index (χ1) is 12.5. The maximum absolute atomic E-state index is 12.4. The minimum Gasteiger partial charge on any atom is -0.388 e. The van der Waals surface area contributed by atoms with E-state index >= 15 is 0 Å². The molecule has 0 saturated carbocycles. The fraction of sp³-hybridized carbons (Fsp3) is 0.158. The first-order valence-corrected chi connectivity index (χ1v) is 8.65.